The highest BCUT2D eigenvalue weighted by Gasteiger charge is 2.56. The molecule has 0 aromatic heterocycles. The van der Waals surface area contributed by atoms with Crippen LogP contribution in [0.5, 0.6) is 0 Å². The number of imide groups is 1. The number of piperidine rings is 1. The second-order valence-corrected chi connectivity index (χ2v) is 13.2. The van der Waals surface area contributed by atoms with Gasteiger partial charge in [0.2, 0.25) is 0 Å². The third-order valence-electron chi connectivity index (χ3n) is 5.86. The zero-order chi connectivity index (χ0) is 31.2. The van der Waals surface area contributed by atoms with Crippen LogP contribution in [0.4, 0.5) is 18.8 Å². The van der Waals surface area contributed by atoms with Crippen LogP contribution < -0.4 is 0 Å². The van der Waals surface area contributed by atoms with E-state index in [4.69, 9.17) is 18.9 Å². The number of carbonyl (C=O) groups excluding carboxylic acids is 4. The zero-order valence-electron chi connectivity index (χ0n) is 25.7. The van der Waals surface area contributed by atoms with E-state index in [0.717, 1.165) is 0 Å². The number of alkyl halides is 1. The Labute approximate surface area is 242 Å². The van der Waals surface area contributed by atoms with E-state index in [-0.39, 0.29) is 24.6 Å². The van der Waals surface area contributed by atoms with Crippen LogP contribution in [0.2, 0.25) is 0 Å². The van der Waals surface area contributed by atoms with Crippen molar-refractivity contribution in [1.82, 2.24) is 9.80 Å². The third kappa shape index (κ3) is 10.8. The van der Waals surface area contributed by atoms with Gasteiger partial charge < -0.3 is 23.8 Å². The van der Waals surface area contributed by atoms with E-state index < -0.39 is 59.2 Å². The molecule has 1 unspecified atom stereocenters. The van der Waals surface area contributed by atoms with E-state index in [1.807, 2.05) is 0 Å². The van der Waals surface area contributed by atoms with Gasteiger partial charge in [-0.2, -0.15) is 4.90 Å². The van der Waals surface area contributed by atoms with Gasteiger partial charge in [-0.1, -0.05) is 30.3 Å². The molecule has 3 amide bonds. The quantitative estimate of drug-likeness (QED) is 0.210. The van der Waals surface area contributed by atoms with Crippen LogP contribution in [0.25, 0.3) is 0 Å². The summed E-state index contributed by atoms with van der Waals surface area (Å²) >= 11 is 0. The number of amides is 3. The lowest BCUT2D eigenvalue weighted by Gasteiger charge is -2.39. The maximum absolute atomic E-state index is 17.2. The molecule has 1 aromatic rings. The first-order chi connectivity index (χ1) is 18.7. The normalized spacial score (nSPS) is 16.3. The Kier molecular flexibility index (Phi) is 10.8. The molecule has 1 saturated heterocycles. The van der Waals surface area contributed by atoms with Crippen molar-refractivity contribution in [2.45, 2.75) is 111 Å². The van der Waals surface area contributed by atoms with Crippen LogP contribution in [0, 0.1) is 5.92 Å². The summed E-state index contributed by atoms with van der Waals surface area (Å²) in [6.07, 6.45) is -3.22. The number of halogens is 1. The van der Waals surface area contributed by atoms with Crippen molar-refractivity contribution in [3.63, 3.8) is 0 Å². The summed E-state index contributed by atoms with van der Waals surface area (Å²) in [7, 11) is 0. The molecule has 0 radical (unpaired) electrons. The van der Waals surface area contributed by atoms with Gasteiger partial charge in [-0.3, -0.25) is 0 Å². The standard InChI is InChI=1S/C30H45FN2O8/c1-27(2,3)39-24(35)32-17-15-21(16-18-32)19-30(31,23(34)38-20-22-13-11-10-12-14-22)33(25(36)40-28(4,5)6)26(37)41-29(7,8)9/h10-14,21H,15-20H2,1-9H3. The molecule has 230 valence electrons. The molecule has 41 heavy (non-hydrogen) atoms. The largest absolute Gasteiger partial charge is 0.457 e. The zero-order valence-corrected chi connectivity index (χ0v) is 25.7. The summed E-state index contributed by atoms with van der Waals surface area (Å²) in [6, 6.07) is 8.63. The number of carbonyl (C=O) groups is 4. The molecule has 0 aliphatic carbocycles. The lowest BCUT2D eigenvalue weighted by Crippen LogP contribution is -2.60. The lowest BCUT2D eigenvalue weighted by atomic mass is 9.88. The van der Waals surface area contributed by atoms with Crippen LogP contribution >= 0.6 is 0 Å². The summed E-state index contributed by atoms with van der Waals surface area (Å²) in [6.45, 7) is 14.8. The summed E-state index contributed by atoms with van der Waals surface area (Å²) in [4.78, 5) is 54.2. The fourth-order valence-corrected chi connectivity index (χ4v) is 4.11. The van der Waals surface area contributed by atoms with Crippen molar-refractivity contribution in [3.8, 4) is 0 Å². The summed E-state index contributed by atoms with van der Waals surface area (Å²) in [5, 5.41) is 0. The first kappa shape index (κ1) is 33.8. The Hall–Kier alpha value is -3.37. The van der Waals surface area contributed by atoms with E-state index >= 15 is 4.39 Å². The topological polar surface area (TPSA) is 112 Å². The first-order valence-corrected chi connectivity index (χ1v) is 13.8. The third-order valence-corrected chi connectivity index (χ3v) is 5.86. The predicted molar refractivity (Wildman–Crippen MR) is 150 cm³/mol. The highest BCUT2D eigenvalue weighted by atomic mass is 19.1. The van der Waals surface area contributed by atoms with Crippen LogP contribution in [-0.2, 0) is 30.3 Å². The molecule has 0 spiro atoms. The van der Waals surface area contributed by atoms with Crippen molar-refractivity contribution < 1.29 is 42.5 Å². The van der Waals surface area contributed by atoms with Crippen LogP contribution in [0.15, 0.2) is 30.3 Å². The van der Waals surface area contributed by atoms with Crippen molar-refractivity contribution in [1.29, 1.82) is 0 Å². The molecule has 1 aliphatic heterocycles. The Bertz CT molecular complexity index is 1040. The van der Waals surface area contributed by atoms with Gasteiger partial charge in [0.25, 0.3) is 5.79 Å². The average molecular weight is 581 g/mol. The van der Waals surface area contributed by atoms with Gasteiger partial charge >= 0.3 is 24.2 Å². The van der Waals surface area contributed by atoms with Gasteiger partial charge in [-0.05, 0) is 86.6 Å². The SMILES string of the molecule is CC(C)(C)OC(=O)N1CCC(CC(F)(C(=O)OCc2ccccc2)N(C(=O)OC(C)(C)C)C(=O)OC(C)(C)C)CC1. The van der Waals surface area contributed by atoms with Crippen molar-refractivity contribution in [2.24, 2.45) is 5.92 Å². The molecule has 0 saturated carbocycles. The molecule has 1 heterocycles. The van der Waals surface area contributed by atoms with Gasteiger partial charge in [0.1, 0.15) is 23.4 Å². The molecule has 1 fully saturated rings. The smallest absolute Gasteiger partial charge is 0.423 e. The second kappa shape index (κ2) is 13.1. The molecular formula is C30H45FN2O8. The number of rotatable bonds is 6. The van der Waals surface area contributed by atoms with Crippen molar-refractivity contribution in [2.75, 3.05) is 13.1 Å². The van der Waals surface area contributed by atoms with Crippen molar-refractivity contribution in [3.05, 3.63) is 35.9 Å². The van der Waals surface area contributed by atoms with E-state index in [1.165, 1.54) is 4.90 Å². The lowest BCUT2D eigenvalue weighted by molar-refractivity contribution is -0.175. The Morgan fingerprint density at radius 2 is 1.27 bits per heavy atom. The first-order valence-electron chi connectivity index (χ1n) is 13.8. The predicted octanol–water partition coefficient (Wildman–Crippen LogP) is 6.61. The van der Waals surface area contributed by atoms with Gasteiger partial charge in [0.15, 0.2) is 0 Å². The molecular weight excluding hydrogens is 535 g/mol. The molecule has 1 atom stereocenters. The van der Waals surface area contributed by atoms with Crippen LogP contribution in [0.1, 0.15) is 87.1 Å². The Balaban J connectivity index is 2.39. The van der Waals surface area contributed by atoms with E-state index in [1.54, 1.807) is 92.6 Å². The number of hydrogen-bond donors (Lipinski definition) is 0. The maximum Gasteiger partial charge on any atom is 0.423 e. The minimum absolute atomic E-state index is 0.0943. The van der Waals surface area contributed by atoms with Gasteiger partial charge in [-0.25, -0.2) is 23.6 Å². The summed E-state index contributed by atoms with van der Waals surface area (Å²) in [5.41, 5.74) is -2.29. The number of hydrogen-bond acceptors (Lipinski definition) is 8. The number of benzene rings is 1. The Morgan fingerprint density at radius 1 is 0.805 bits per heavy atom. The van der Waals surface area contributed by atoms with Crippen LogP contribution in [-0.4, -0.2) is 69.7 Å². The maximum atomic E-state index is 17.2. The van der Waals surface area contributed by atoms with Crippen molar-refractivity contribution >= 4 is 24.2 Å². The Morgan fingerprint density at radius 3 is 1.71 bits per heavy atom. The molecule has 11 heteroatoms. The number of ether oxygens (including phenoxy) is 4. The molecule has 1 aromatic carbocycles. The fourth-order valence-electron chi connectivity index (χ4n) is 4.11. The van der Waals surface area contributed by atoms with Gasteiger partial charge in [-0.15, -0.1) is 0 Å². The number of esters is 1. The summed E-state index contributed by atoms with van der Waals surface area (Å²) in [5.74, 6) is -5.17. The molecule has 2 rings (SSSR count). The number of likely N-dealkylation sites (tertiary alicyclic amines) is 1. The van der Waals surface area contributed by atoms with Gasteiger partial charge in [0, 0.05) is 19.5 Å². The number of nitrogens with zero attached hydrogens (tertiary/aromatic N) is 2. The molecule has 0 bridgehead atoms. The highest BCUT2D eigenvalue weighted by molar-refractivity contribution is 5.95. The van der Waals surface area contributed by atoms with E-state index in [2.05, 4.69) is 0 Å². The monoisotopic (exact) mass is 580 g/mol. The molecule has 0 N–H and O–H groups in total. The van der Waals surface area contributed by atoms with Crippen LogP contribution in [0.3, 0.4) is 0 Å². The molecule has 1 aliphatic rings. The second-order valence-electron chi connectivity index (χ2n) is 13.2. The average Bonchev–Trinajstić information content (AvgIpc) is 2.80. The molecule has 10 nitrogen and oxygen atoms in total. The van der Waals surface area contributed by atoms with E-state index in [0.29, 0.717) is 18.4 Å². The minimum Gasteiger partial charge on any atom is -0.457 e. The summed E-state index contributed by atoms with van der Waals surface area (Å²) < 4.78 is 38.7. The van der Waals surface area contributed by atoms with Gasteiger partial charge in [0.05, 0.1) is 0 Å². The van der Waals surface area contributed by atoms with E-state index in [9.17, 15) is 19.2 Å². The minimum atomic E-state index is -3.25. The highest BCUT2D eigenvalue weighted by Crippen LogP contribution is 2.36. The fraction of sp³-hybridized carbons (Fsp3) is 0.667.